The van der Waals surface area contributed by atoms with Gasteiger partial charge in [0, 0.05) is 17.0 Å². The second kappa shape index (κ2) is 6.80. The van der Waals surface area contributed by atoms with Gasteiger partial charge >= 0.3 is 5.91 Å². The number of carbonyl (C=O) groups excluding carboxylic acids is 1. The van der Waals surface area contributed by atoms with Crippen LogP contribution in [0.15, 0.2) is 44.9 Å². The minimum atomic E-state index is -0.284. The van der Waals surface area contributed by atoms with Crippen LogP contribution in [0.1, 0.15) is 30.5 Å². The summed E-state index contributed by atoms with van der Waals surface area (Å²) in [5, 5.41) is 3.62. The van der Waals surface area contributed by atoms with Gasteiger partial charge in [-0.1, -0.05) is 11.8 Å². The highest BCUT2D eigenvalue weighted by molar-refractivity contribution is 7.99. The summed E-state index contributed by atoms with van der Waals surface area (Å²) in [7, 11) is 0. The van der Waals surface area contributed by atoms with Crippen molar-refractivity contribution in [2.75, 3.05) is 13.1 Å². The van der Waals surface area contributed by atoms with E-state index in [1.165, 1.54) is 30.1 Å². The van der Waals surface area contributed by atoms with E-state index in [0.717, 1.165) is 30.8 Å². The molecule has 5 nitrogen and oxygen atoms in total. The minimum Gasteiger partial charge on any atom is -0.425 e. The van der Waals surface area contributed by atoms with Crippen LogP contribution in [0.2, 0.25) is 0 Å². The zero-order valence-corrected chi connectivity index (χ0v) is 14.8. The summed E-state index contributed by atoms with van der Waals surface area (Å²) < 4.78 is 18.5. The molecule has 3 fully saturated rings. The molecule has 4 heterocycles. The van der Waals surface area contributed by atoms with Crippen molar-refractivity contribution < 1.29 is 13.6 Å². The Morgan fingerprint density at radius 1 is 1.32 bits per heavy atom. The SMILES string of the molecule is CC1C(NC(=O)c2ncc(Sc3ccc(F)cc3)o2)C2CCN1CC2. The van der Waals surface area contributed by atoms with Crippen LogP contribution in [-0.4, -0.2) is 41.0 Å². The normalized spacial score (nSPS) is 28.1. The molecule has 2 aromatic rings. The van der Waals surface area contributed by atoms with Crippen molar-refractivity contribution in [1.29, 1.82) is 0 Å². The number of benzene rings is 1. The third kappa shape index (κ3) is 3.43. The molecule has 0 spiro atoms. The number of nitrogens with zero attached hydrogens (tertiary/aromatic N) is 2. The maximum Gasteiger partial charge on any atom is 0.307 e. The molecule has 1 N–H and O–H groups in total. The Bertz CT molecular complexity index is 754. The van der Waals surface area contributed by atoms with Crippen molar-refractivity contribution in [3.63, 3.8) is 0 Å². The molecule has 0 saturated carbocycles. The van der Waals surface area contributed by atoms with E-state index in [9.17, 15) is 9.18 Å². The van der Waals surface area contributed by atoms with Crippen LogP contribution in [-0.2, 0) is 0 Å². The maximum atomic E-state index is 13.0. The summed E-state index contributed by atoms with van der Waals surface area (Å²) >= 11 is 1.31. The summed E-state index contributed by atoms with van der Waals surface area (Å²) in [6.45, 7) is 4.41. The molecule has 1 aromatic heterocycles. The number of halogens is 1. The number of hydrogen-bond donors (Lipinski definition) is 1. The van der Waals surface area contributed by atoms with Gasteiger partial charge in [-0.25, -0.2) is 9.37 Å². The molecule has 132 valence electrons. The summed E-state index contributed by atoms with van der Waals surface area (Å²) in [5.74, 6) is 0.0606. The fourth-order valence-corrected chi connectivity index (χ4v) is 4.52. The Hall–Kier alpha value is -1.86. The topological polar surface area (TPSA) is 58.4 Å². The molecule has 3 aliphatic heterocycles. The first-order valence-electron chi connectivity index (χ1n) is 8.54. The third-order valence-corrected chi connectivity index (χ3v) is 6.08. The first-order valence-corrected chi connectivity index (χ1v) is 9.36. The van der Waals surface area contributed by atoms with Crippen molar-refractivity contribution in [1.82, 2.24) is 15.2 Å². The van der Waals surface area contributed by atoms with Crippen LogP contribution >= 0.6 is 11.8 Å². The molecule has 0 radical (unpaired) electrons. The highest BCUT2D eigenvalue weighted by Crippen LogP contribution is 2.32. The van der Waals surface area contributed by atoms with Gasteiger partial charge in [-0.05, 0) is 63.0 Å². The van der Waals surface area contributed by atoms with Gasteiger partial charge in [0.1, 0.15) is 5.82 Å². The Morgan fingerprint density at radius 3 is 2.72 bits per heavy atom. The predicted molar refractivity (Wildman–Crippen MR) is 92.0 cm³/mol. The van der Waals surface area contributed by atoms with E-state index >= 15 is 0 Å². The van der Waals surface area contributed by atoms with E-state index in [2.05, 4.69) is 22.1 Å². The zero-order chi connectivity index (χ0) is 17.4. The van der Waals surface area contributed by atoms with Gasteiger partial charge in [0.25, 0.3) is 5.89 Å². The smallest absolute Gasteiger partial charge is 0.307 e. The number of rotatable bonds is 4. The summed E-state index contributed by atoms with van der Waals surface area (Å²) in [6, 6.07) is 6.60. The second-order valence-corrected chi connectivity index (χ2v) is 7.73. The summed E-state index contributed by atoms with van der Waals surface area (Å²) in [5.41, 5.74) is 0. The molecule has 1 amide bonds. The van der Waals surface area contributed by atoms with E-state index in [-0.39, 0.29) is 23.7 Å². The van der Waals surface area contributed by atoms with E-state index in [0.29, 0.717) is 17.1 Å². The lowest BCUT2D eigenvalue weighted by atomic mass is 9.79. The Balaban J connectivity index is 1.41. The quantitative estimate of drug-likeness (QED) is 0.906. The average Bonchev–Trinajstić information content (AvgIpc) is 3.09. The molecule has 2 atom stereocenters. The fourth-order valence-electron chi connectivity index (χ4n) is 3.79. The lowest BCUT2D eigenvalue weighted by Crippen LogP contribution is -2.62. The van der Waals surface area contributed by atoms with Gasteiger partial charge in [0.05, 0.1) is 6.20 Å². The number of hydrogen-bond acceptors (Lipinski definition) is 5. The van der Waals surface area contributed by atoms with Gasteiger partial charge in [0.15, 0.2) is 5.09 Å². The molecule has 1 aromatic carbocycles. The molecular formula is C18H20FN3O2S. The number of amides is 1. The molecular weight excluding hydrogens is 341 g/mol. The highest BCUT2D eigenvalue weighted by Gasteiger charge is 2.40. The average molecular weight is 361 g/mol. The van der Waals surface area contributed by atoms with Crippen LogP contribution in [0, 0.1) is 11.7 Å². The zero-order valence-electron chi connectivity index (χ0n) is 13.9. The van der Waals surface area contributed by atoms with Gasteiger partial charge in [-0.15, -0.1) is 0 Å². The van der Waals surface area contributed by atoms with Crippen LogP contribution in [0.5, 0.6) is 0 Å². The Kier molecular flexibility index (Phi) is 4.52. The predicted octanol–water partition coefficient (Wildman–Crippen LogP) is 3.18. The molecule has 7 heteroatoms. The van der Waals surface area contributed by atoms with E-state index in [4.69, 9.17) is 4.42 Å². The van der Waals surface area contributed by atoms with Crippen LogP contribution < -0.4 is 5.32 Å². The van der Waals surface area contributed by atoms with E-state index < -0.39 is 0 Å². The molecule has 25 heavy (non-hydrogen) atoms. The first kappa shape index (κ1) is 16.6. The first-order chi connectivity index (χ1) is 12.1. The summed E-state index contributed by atoms with van der Waals surface area (Å²) in [4.78, 5) is 19.9. The number of carbonyl (C=O) groups is 1. The molecule has 2 bridgehead atoms. The van der Waals surface area contributed by atoms with Crippen molar-refractivity contribution in [3.05, 3.63) is 42.2 Å². The highest BCUT2D eigenvalue weighted by atomic mass is 32.2. The maximum absolute atomic E-state index is 13.0. The van der Waals surface area contributed by atoms with Crippen molar-refractivity contribution in [3.8, 4) is 0 Å². The van der Waals surface area contributed by atoms with Crippen LogP contribution in [0.4, 0.5) is 4.39 Å². The van der Waals surface area contributed by atoms with Gasteiger partial charge in [-0.2, -0.15) is 0 Å². The van der Waals surface area contributed by atoms with Crippen molar-refractivity contribution in [2.24, 2.45) is 5.92 Å². The number of oxazole rings is 1. The second-order valence-electron chi connectivity index (χ2n) is 6.65. The van der Waals surface area contributed by atoms with E-state index in [1.807, 2.05) is 0 Å². The Morgan fingerprint density at radius 2 is 2.04 bits per heavy atom. The van der Waals surface area contributed by atoms with Gasteiger partial charge in [0.2, 0.25) is 0 Å². The molecule has 3 saturated heterocycles. The van der Waals surface area contributed by atoms with Gasteiger partial charge < -0.3 is 9.73 Å². The Labute approximate surface area is 150 Å². The van der Waals surface area contributed by atoms with E-state index in [1.54, 1.807) is 12.1 Å². The van der Waals surface area contributed by atoms with Crippen LogP contribution in [0.3, 0.4) is 0 Å². The van der Waals surface area contributed by atoms with Crippen LogP contribution in [0.25, 0.3) is 0 Å². The lowest BCUT2D eigenvalue weighted by molar-refractivity contribution is 0.0209. The number of aromatic nitrogens is 1. The third-order valence-electron chi connectivity index (χ3n) is 5.19. The van der Waals surface area contributed by atoms with Gasteiger partial charge in [-0.3, -0.25) is 9.69 Å². The molecule has 5 rings (SSSR count). The van der Waals surface area contributed by atoms with Crippen molar-refractivity contribution in [2.45, 2.75) is 41.8 Å². The monoisotopic (exact) mass is 361 g/mol. The number of piperidine rings is 3. The largest absolute Gasteiger partial charge is 0.425 e. The fraction of sp³-hybridized carbons (Fsp3) is 0.444. The van der Waals surface area contributed by atoms with Crippen molar-refractivity contribution >= 4 is 17.7 Å². The number of fused-ring (bicyclic) bond motifs is 3. The molecule has 0 aliphatic carbocycles. The minimum absolute atomic E-state index is 0.0771. The standard InChI is InChI=1S/C18H20FN3O2S/c1-11-16(12-6-8-22(11)9-7-12)21-17(23)18-20-10-15(24-18)25-14-4-2-13(19)3-5-14/h2-5,10-12,16H,6-9H2,1H3,(H,21,23). The lowest BCUT2D eigenvalue weighted by Gasteiger charge is -2.49. The molecule has 3 aliphatic rings. The number of nitrogens with one attached hydrogen (secondary N) is 1. The summed E-state index contributed by atoms with van der Waals surface area (Å²) in [6.07, 6.45) is 3.79. The molecule has 2 unspecified atom stereocenters.